The van der Waals surface area contributed by atoms with Crippen LogP contribution in [0.5, 0.6) is 5.75 Å². The number of nitrogens with two attached hydrogens (primary N) is 1. The molecule has 1 saturated heterocycles. The van der Waals surface area contributed by atoms with Gasteiger partial charge < -0.3 is 19.7 Å². The molecule has 3 unspecified atom stereocenters. The van der Waals surface area contributed by atoms with Crippen molar-refractivity contribution in [1.29, 1.82) is 0 Å². The molecule has 0 bridgehead atoms. The second-order valence-electron chi connectivity index (χ2n) is 7.36. The van der Waals surface area contributed by atoms with Crippen LogP contribution in [0.15, 0.2) is 42.5 Å². The molecule has 1 aliphatic heterocycles. The van der Waals surface area contributed by atoms with E-state index >= 15 is 0 Å². The van der Waals surface area contributed by atoms with Crippen molar-refractivity contribution in [2.75, 3.05) is 19.8 Å². The summed E-state index contributed by atoms with van der Waals surface area (Å²) in [7, 11) is 0. The van der Waals surface area contributed by atoms with E-state index in [9.17, 15) is 10.2 Å². The molecule has 170 valence electrons. The van der Waals surface area contributed by atoms with Gasteiger partial charge in [-0.15, -0.1) is 0 Å². The van der Waals surface area contributed by atoms with Crippen molar-refractivity contribution in [3.05, 3.63) is 64.2 Å². The third-order valence-corrected chi connectivity index (χ3v) is 5.76. The number of aliphatic hydroxyl groups excluding tert-OH is 2. The average molecular weight is 470 g/mol. The fourth-order valence-corrected chi connectivity index (χ4v) is 3.87. The van der Waals surface area contributed by atoms with Crippen LogP contribution in [0.1, 0.15) is 35.6 Å². The van der Waals surface area contributed by atoms with Gasteiger partial charge in [0.05, 0.1) is 24.9 Å². The Kier molecular flexibility index (Phi) is 9.39. The van der Waals surface area contributed by atoms with E-state index in [1.54, 1.807) is 0 Å². The van der Waals surface area contributed by atoms with Crippen LogP contribution in [0, 0.1) is 0 Å². The van der Waals surface area contributed by atoms with Crippen LogP contribution in [-0.2, 0) is 11.2 Å². The van der Waals surface area contributed by atoms with Crippen molar-refractivity contribution in [1.82, 2.24) is 10.0 Å². The van der Waals surface area contributed by atoms with Crippen LogP contribution < -0.4 is 15.3 Å². The van der Waals surface area contributed by atoms with E-state index in [0.717, 1.165) is 22.4 Å². The van der Waals surface area contributed by atoms with Crippen LogP contribution in [0.4, 0.5) is 0 Å². The fourth-order valence-electron chi connectivity index (χ4n) is 3.52. The predicted molar refractivity (Wildman–Crippen MR) is 120 cm³/mol. The number of benzene rings is 2. The van der Waals surface area contributed by atoms with E-state index < -0.39 is 6.10 Å². The highest BCUT2D eigenvalue weighted by Gasteiger charge is 2.29. The van der Waals surface area contributed by atoms with Gasteiger partial charge in [0.2, 0.25) is 0 Å². The zero-order chi connectivity index (χ0) is 22.2. The van der Waals surface area contributed by atoms with Crippen LogP contribution in [0.25, 0.3) is 0 Å². The highest BCUT2D eigenvalue weighted by molar-refractivity contribution is 7.94. The number of hydrazine groups is 1. The molecule has 0 spiro atoms. The van der Waals surface area contributed by atoms with Gasteiger partial charge in [-0.2, -0.15) is 0 Å². The molecule has 1 aliphatic rings. The zero-order valence-corrected chi connectivity index (χ0v) is 18.6. The molecular weight excluding hydrogens is 442 g/mol. The van der Waals surface area contributed by atoms with Crippen LogP contribution in [0.3, 0.4) is 0 Å². The standard InChI is InChI=1S/C21H28ClN3O5S/c22-20-6-3-15(21-12-17(27)11-19(13-26)30-21)10-16(20)9-14-1-4-18(5-2-14)29-8-7-24-25(28)31-23/h1-6,10,17,19,21,24,26-28H,7-9,11-13,23H2. The summed E-state index contributed by atoms with van der Waals surface area (Å²) in [4.78, 5) is 0. The number of hydrogen-bond acceptors (Lipinski definition) is 9. The second-order valence-corrected chi connectivity index (χ2v) is 8.32. The van der Waals surface area contributed by atoms with Crippen molar-refractivity contribution in [3.8, 4) is 5.75 Å². The normalized spacial score (nSPS) is 21.4. The maximum absolute atomic E-state index is 10.1. The number of nitrogens with one attached hydrogen (secondary N) is 1. The summed E-state index contributed by atoms with van der Waals surface area (Å²) in [6, 6.07) is 13.5. The highest BCUT2D eigenvalue weighted by atomic mass is 35.5. The van der Waals surface area contributed by atoms with E-state index in [4.69, 9.17) is 31.4 Å². The zero-order valence-electron chi connectivity index (χ0n) is 17.0. The monoisotopic (exact) mass is 469 g/mol. The minimum absolute atomic E-state index is 0.108. The number of aliphatic hydroxyl groups is 2. The molecule has 0 saturated carbocycles. The topological polar surface area (TPSA) is 120 Å². The lowest BCUT2D eigenvalue weighted by Crippen LogP contribution is -2.33. The maximum atomic E-state index is 10.1. The largest absolute Gasteiger partial charge is 0.492 e. The van der Waals surface area contributed by atoms with Crippen LogP contribution in [-0.4, -0.2) is 52.0 Å². The molecule has 8 nitrogen and oxygen atoms in total. The minimum atomic E-state index is -0.493. The quantitative estimate of drug-likeness (QED) is 0.203. The molecule has 31 heavy (non-hydrogen) atoms. The van der Waals surface area contributed by atoms with Gasteiger partial charge in [0, 0.05) is 36.5 Å². The first kappa shape index (κ1) is 24.2. The Morgan fingerprint density at radius 3 is 2.71 bits per heavy atom. The Hall–Kier alpha value is -1.40. The number of halogens is 1. The Morgan fingerprint density at radius 2 is 2.00 bits per heavy atom. The van der Waals surface area contributed by atoms with Crippen molar-refractivity contribution in [2.24, 2.45) is 5.14 Å². The van der Waals surface area contributed by atoms with E-state index in [-0.39, 0.29) is 18.8 Å². The van der Waals surface area contributed by atoms with Gasteiger partial charge in [0.25, 0.3) is 0 Å². The molecule has 3 rings (SSSR count). The Balaban J connectivity index is 1.60. The van der Waals surface area contributed by atoms with Gasteiger partial charge >= 0.3 is 0 Å². The summed E-state index contributed by atoms with van der Waals surface area (Å²) in [6.07, 6.45) is 0.463. The summed E-state index contributed by atoms with van der Waals surface area (Å²) in [6.45, 7) is 0.662. The Labute approximate surface area is 191 Å². The first-order chi connectivity index (χ1) is 15.0. The van der Waals surface area contributed by atoms with Crippen LogP contribution >= 0.6 is 23.7 Å². The molecule has 0 amide bonds. The summed E-state index contributed by atoms with van der Waals surface area (Å²) >= 11 is 7.09. The molecular formula is C21H28ClN3O5S. The lowest BCUT2D eigenvalue weighted by Gasteiger charge is -2.32. The second kappa shape index (κ2) is 12.0. The predicted octanol–water partition coefficient (Wildman–Crippen LogP) is 2.60. The third-order valence-electron chi connectivity index (χ3n) is 5.06. The lowest BCUT2D eigenvalue weighted by molar-refractivity contribution is -0.113. The molecule has 2 aromatic carbocycles. The van der Waals surface area contributed by atoms with Gasteiger partial charge in [-0.25, -0.2) is 5.43 Å². The Morgan fingerprint density at radius 1 is 1.23 bits per heavy atom. The van der Waals surface area contributed by atoms with E-state index in [0.29, 0.717) is 54.1 Å². The molecule has 6 N–H and O–H groups in total. The summed E-state index contributed by atoms with van der Waals surface area (Å²) in [5, 5.41) is 34.5. The van der Waals surface area contributed by atoms with E-state index in [1.165, 1.54) is 0 Å². The van der Waals surface area contributed by atoms with Crippen molar-refractivity contribution < 1.29 is 24.9 Å². The minimum Gasteiger partial charge on any atom is -0.492 e. The van der Waals surface area contributed by atoms with Gasteiger partial charge in [0.15, 0.2) is 0 Å². The number of nitrogens with zero attached hydrogens (tertiary/aromatic N) is 1. The molecule has 2 aromatic rings. The molecule has 0 aromatic heterocycles. The van der Waals surface area contributed by atoms with Crippen molar-refractivity contribution in [3.63, 3.8) is 0 Å². The summed E-state index contributed by atoms with van der Waals surface area (Å²) < 4.78 is 12.3. The molecule has 0 radical (unpaired) electrons. The first-order valence-corrected chi connectivity index (χ1v) is 11.2. The molecule has 1 fully saturated rings. The highest BCUT2D eigenvalue weighted by Crippen LogP contribution is 2.33. The molecule has 3 atom stereocenters. The van der Waals surface area contributed by atoms with Gasteiger partial charge in [0.1, 0.15) is 12.4 Å². The number of ether oxygens (including phenoxy) is 2. The Bertz CT molecular complexity index is 829. The van der Waals surface area contributed by atoms with Crippen molar-refractivity contribution in [2.45, 2.75) is 37.6 Å². The third kappa shape index (κ3) is 7.31. The molecule has 10 heteroatoms. The summed E-state index contributed by atoms with van der Waals surface area (Å²) in [5.41, 5.74) is 5.62. The number of rotatable bonds is 10. The number of hydrogen-bond donors (Lipinski definition) is 5. The maximum Gasteiger partial charge on any atom is 0.119 e. The first-order valence-electron chi connectivity index (χ1n) is 10.0. The lowest BCUT2D eigenvalue weighted by atomic mass is 9.94. The van der Waals surface area contributed by atoms with Gasteiger partial charge in [-0.05, 0) is 41.3 Å². The summed E-state index contributed by atoms with van der Waals surface area (Å²) in [5.74, 6) is 0.718. The van der Waals surface area contributed by atoms with Crippen molar-refractivity contribution >= 4 is 23.7 Å². The fraction of sp³-hybridized carbons (Fsp3) is 0.429. The molecule has 1 heterocycles. The van der Waals surface area contributed by atoms with Crippen LogP contribution in [0.2, 0.25) is 5.02 Å². The SMILES string of the molecule is NSN(O)NCCOc1ccc(Cc2cc(C3CC(O)CC(CO)O3)ccc2Cl)cc1. The smallest absolute Gasteiger partial charge is 0.119 e. The average Bonchev–Trinajstić information content (AvgIpc) is 2.78. The van der Waals surface area contributed by atoms with E-state index in [2.05, 4.69) is 5.43 Å². The van der Waals surface area contributed by atoms with Gasteiger partial charge in [-0.3, -0.25) is 10.3 Å². The molecule has 0 aliphatic carbocycles. The van der Waals surface area contributed by atoms with Gasteiger partial charge in [-0.1, -0.05) is 40.4 Å². The van der Waals surface area contributed by atoms with E-state index in [1.807, 2.05) is 42.5 Å².